The Bertz CT molecular complexity index is 1010. The van der Waals surface area contributed by atoms with Gasteiger partial charge in [-0.15, -0.1) is 0 Å². The fourth-order valence-corrected chi connectivity index (χ4v) is 5.86. The molecule has 0 saturated carbocycles. The van der Waals surface area contributed by atoms with E-state index in [4.69, 9.17) is 33.2 Å². The summed E-state index contributed by atoms with van der Waals surface area (Å²) >= 11 is 0. The predicted molar refractivity (Wildman–Crippen MR) is 144 cm³/mol. The van der Waals surface area contributed by atoms with Crippen LogP contribution in [-0.2, 0) is 38.0 Å². The van der Waals surface area contributed by atoms with Crippen LogP contribution in [0.2, 0.25) is 0 Å². The Morgan fingerprint density at radius 3 is 1.70 bits per heavy atom. The van der Waals surface area contributed by atoms with Crippen LogP contribution in [-0.4, -0.2) is 210 Å². The zero-order valence-electron chi connectivity index (χ0n) is 25.3. The van der Waals surface area contributed by atoms with Crippen LogP contribution in [0, 0.1) is 0 Å². The van der Waals surface area contributed by atoms with E-state index in [1.165, 1.54) is 6.92 Å². The summed E-state index contributed by atoms with van der Waals surface area (Å²) in [5, 5.41) is 127. The molecule has 4 saturated heterocycles. The molecule has 2 unspecified atom stereocenters. The molecule has 4 heterocycles. The molecular formula is C26H45NO20. The highest BCUT2D eigenvalue weighted by Crippen LogP contribution is 2.35. The fourth-order valence-electron chi connectivity index (χ4n) is 5.86. The molecule has 0 radical (unpaired) electrons. The Hall–Kier alpha value is -1.29. The summed E-state index contributed by atoms with van der Waals surface area (Å²) in [6.07, 6.45) is -33.0. The molecule has 20 atom stereocenters. The molecule has 4 aliphatic heterocycles. The van der Waals surface area contributed by atoms with Crippen LogP contribution in [0.3, 0.4) is 0 Å². The summed E-state index contributed by atoms with van der Waals surface area (Å²) in [7, 11) is 0. The minimum Gasteiger partial charge on any atom is -0.394 e. The molecule has 0 aromatic rings. The lowest BCUT2D eigenvalue weighted by Gasteiger charge is -2.50. The van der Waals surface area contributed by atoms with Gasteiger partial charge in [0.25, 0.3) is 0 Å². The number of aliphatic hydroxyl groups is 12. The molecule has 274 valence electrons. The van der Waals surface area contributed by atoms with Crippen molar-refractivity contribution in [3.8, 4) is 0 Å². The second-order valence-corrected chi connectivity index (χ2v) is 11.9. The van der Waals surface area contributed by atoms with Crippen molar-refractivity contribution >= 4 is 5.91 Å². The third-order valence-electron chi connectivity index (χ3n) is 8.57. The van der Waals surface area contributed by atoms with Gasteiger partial charge in [-0.1, -0.05) is 0 Å². The highest BCUT2D eigenvalue weighted by atomic mass is 16.8. The Kier molecular flexibility index (Phi) is 13.2. The lowest BCUT2D eigenvalue weighted by molar-refractivity contribution is -0.400. The maximum atomic E-state index is 12.0. The van der Waals surface area contributed by atoms with Gasteiger partial charge in [0.05, 0.1) is 25.9 Å². The van der Waals surface area contributed by atoms with Crippen molar-refractivity contribution in [2.75, 3.05) is 19.8 Å². The van der Waals surface area contributed by atoms with E-state index in [0.717, 1.165) is 6.92 Å². The van der Waals surface area contributed by atoms with Crippen molar-refractivity contribution in [1.29, 1.82) is 0 Å². The molecule has 0 aromatic carbocycles. The van der Waals surface area contributed by atoms with E-state index < -0.39 is 148 Å². The summed E-state index contributed by atoms with van der Waals surface area (Å²) in [4.78, 5) is 12.0. The van der Waals surface area contributed by atoms with Crippen molar-refractivity contribution in [3.63, 3.8) is 0 Å². The largest absolute Gasteiger partial charge is 0.394 e. The van der Waals surface area contributed by atoms with Crippen LogP contribution in [0.4, 0.5) is 0 Å². The van der Waals surface area contributed by atoms with Crippen LogP contribution < -0.4 is 5.32 Å². The second-order valence-electron chi connectivity index (χ2n) is 11.9. The van der Waals surface area contributed by atoms with E-state index in [2.05, 4.69) is 5.32 Å². The van der Waals surface area contributed by atoms with E-state index in [1.807, 2.05) is 0 Å². The van der Waals surface area contributed by atoms with Crippen LogP contribution in [0.5, 0.6) is 0 Å². The number of carbonyl (C=O) groups is 1. The van der Waals surface area contributed by atoms with Gasteiger partial charge in [-0.05, 0) is 6.92 Å². The molecule has 21 nitrogen and oxygen atoms in total. The third kappa shape index (κ3) is 8.04. The first-order valence-corrected chi connectivity index (χ1v) is 15.0. The first-order chi connectivity index (χ1) is 22.1. The standard InChI is InChI=1S/C26H45NO20/c1-6-12(32)16(36)19(39)25(41-6)47-22-21(46-24-11(27-7(2)31)15(35)13(33)8(3-28)43-24)14(34)9(4-29)44-26(22)45-20-10(5-30)42-23(40)18(38)17(20)37/h6,8-26,28-30,32-40H,3-5H2,1-2H3,(H,27,31)/t6-,8+,9+,10+,11+,12+,13-,14-,15+,16+,17+,18+,19-,20+,21-,22+,23?,24?,25-,26-/m0/s1. The minimum absolute atomic E-state index is 0.710. The van der Waals surface area contributed by atoms with Crippen LogP contribution in [0.25, 0.3) is 0 Å². The Balaban J connectivity index is 1.73. The zero-order chi connectivity index (χ0) is 34.9. The topological polar surface area (TPSA) is 336 Å². The average molecular weight is 692 g/mol. The summed E-state index contributed by atoms with van der Waals surface area (Å²) in [5.74, 6) is -0.710. The fraction of sp³-hybridized carbons (Fsp3) is 0.962. The molecule has 4 rings (SSSR count). The normalized spacial score (nSPS) is 51.0. The van der Waals surface area contributed by atoms with Crippen molar-refractivity contribution in [2.24, 2.45) is 0 Å². The molecule has 4 aliphatic rings. The van der Waals surface area contributed by atoms with Crippen LogP contribution in [0.1, 0.15) is 13.8 Å². The van der Waals surface area contributed by atoms with Crippen LogP contribution >= 0.6 is 0 Å². The molecule has 21 heteroatoms. The highest BCUT2D eigenvalue weighted by Gasteiger charge is 2.56. The number of hydrogen-bond donors (Lipinski definition) is 13. The molecule has 0 bridgehead atoms. The van der Waals surface area contributed by atoms with Gasteiger partial charge in [0, 0.05) is 6.92 Å². The van der Waals surface area contributed by atoms with Gasteiger partial charge in [-0.3, -0.25) is 4.79 Å². The summed E-state index contributed by atoms with van der Waals surface area (Å²) in [6.45, 7) is -0.177. The Morgan fingerprint density at radius 2 is 1.11 bits per heavy atom. The first-order valence-electron chi connectivity index (χ1n) is 15.0. The number of aliphatic hydroxyl groups excluding tert-OH is 12. The van der Waals surface area contributed by atoms with E-state index in [9.17, 15) is 66.1 Å². The van der Waals surface area contributed by atoms with Crippen molar-refractivity contribution < 1.29 is 99.2 Å². The van der Waals surface area contributed by atoms with E-state index in [1.54, 1.807) is 0 Å². The highest BCUT2D eigenvalue weighted by molar-refractivity contribution is 5.73. The quantitative estimate of drug-likeness (QED) is 0.101. The molecule has 0 spiro atoms. The van der Waals surface area contributed by atoms with Crippen LogP contribution in [0.15, 0.2) is 0 Å². The number of ether oxygens (including phenoxy) is 7. The number of amides is 1. The van der Waals surface area contributed by atoms with Gasteiger partial charge in [0.15, 0.2) is 25.2 Å². The Labute approximate surface area is 267 Å². The lowest BCUT2D eigenvalue weighted by atomic mass is 9.94. The zero-order valence-corrected chi connectivity index (χ0v) is 25.3. The smallest absolute Gasteiger partial charge is 0.217 e. The van der Waals surface area contributed by atoms with Gasteiger partial charge in [-0.2, -0.15) is 0 Å². The second kappa shape index (κ2) is 16.2. The summed E-state index contributed by atoms with van der Waals surface area (Å²) < 4.78 is 39.7. The van der Waals surface area contributed by atoms with E-state index in [0.29, 0.717) is 0 Å². The van der Waals surface area contributed by atoms with Gasteiger partial charge < -0.3 is 99.8 Å². The van der Waals surface area contributed by atoms with Crippen molar-refractivity contribution in [1.82, 2.24) is 5.32 Å². The van der Waals surface area contributed by atoms with Gasteiger partial charge in [0.2, 0.25) is 5.91 Å². The number of nitrogens with one attached hydrogen (secondary N) is 1. The molecular weight excluding hydrogens is 646 g/mol. The molecule has 0 aliphatic carbocycles. The molecule has 0 aromatic heterocycles. The number of rotatable bonds is 10. The van der Waals surface area contributed by atoms with Gasteiger partial charge in [0.1, 0.15) is 91.5 Å². The monoisotopic (exact) mass is 691 g/mol. The lowest BCUT2D eigenvalue weighted by Crippen LogP contribution is -2.69. The molecule has 13 N–H and O–H groups in total. The maximum Gasteiger partial charge on any atom is 0.217 e. The summed E-state index contributed by atoms with van der Waals surface area (Å²) in [6, 6.07) is -1.54. The van der Waals surface area contributed by atoms with Crippen molar-refractivity contribution in [2.45, 2.75) is 137 Å². The third-order valence-corrected chi connectivity index (χ3v) is 8.57. The molecule has 47 heavy (non-hydrogen) atoms. The first kappa shape index (κ1) is 38.5. The Morgan fingerprint density at radius 1 is 0.553 bits per heavy atom. The van der Waals surface area contributed by atoms with Gasteiger partial charge >= 0.3 is 0 Å². The van der Waals surface area contributed by atoms with E-state index in [-0.39, 0.29) is 0 Å². The summed E-state index contributed by atoms with van der Waals surface area (Å²) in [5.41, 5.74) is 0. The van der Waals surface area contributed by atoms with E-state index >= 15 is 0 Å². The van der Waals surface area contributed by atoms with Crippen molar-refractivity contribution in [3.05, 3.63) is 0 Å². The maximum absolute atomic E-state index is 12.0. The number of hydrogen-bond acceptors (Lipinski definition) is 20. The average Bonchev–Trinajstić information content (AvgIpc) is 3.04. The molecule has 4 fully saturated rings. The number of carbonyl (C=O) groups excluding carboxylic acids is 1. The predicted octanol–water partition coefficient (Wildman–Crippen LogP) is -8.58. The van der Waals surface area contributed by atoms with Gasteiger partial charge in [-0.25, -0.2) is 0 Å². The minimum atomic E-state index is -1.95. The SMILES string of the molecule is CC(=O)N[C@H]1C(O[C@H]2[C@@H](O)[C@@H](CO)O[C@@H](O[C@H]3[C@H](O)[C@@H](O)C(O)O[C@@H]3CO)[C@@H]2O[C@@H]2O[C@@H](C)[C@@H](O)[C@@H](O)[C@@H]2O)O[C@H](CO)[C@H](O)[C@@H]1O. The molecule has 1 amide bonds.